The van der Waals surface area contributed by atoms with Crippen LogP contribution in [0, 0.1) is 0 Å². The molecule has 0 radical (unpaired) electrons. The summed E-state index contributed by atoms with van der Waals surface area (Å²) in [6.07, 6.45) is 83.5. The zero-order valence-electron chi connectivity index (χ0n) is 58.5. The molecule has 0 aromatic heterocycles. The Hall–Kier alpha value is 0.259. The van der Waals surface area contributed by atoms with Crippen molar-refractivity contribution in [2.24, 2.45) is 0 Å². The third-order valence-corrected chi connectivity index (χ3v) is 28.2. The van der Waals surface area contributed by atoms with Gasteiger partial charge in [0.15, 0.2) is 0 Å². The van der Waals surface area contributed by atoms with E-state index < -0.39 is 37.5 Å². The molecular formula is C76H150O6S3Sn. The second-order valence-electron chi connectivity index (χ2n) is 26.5. The summed E-state index contributed by atoms with van der Waals surface area (Å²) in [7, 11) is 0. The molecule has 6 nitrogen and oxygen atoms in total. The van der Waals surface area contributed by atoms with Crippen LogP contribution in [0.5, 0.6) is 0 Å². The van der Waals surface area contributed by atoms with Crippen LogP contribution in [-0.4, -0.2) is 72.0 Å². The predicted molar refractivity (Wildman–Crippen MR) is 390 cm³/mol. The van der Waals surface area contributed by atoms with E-state index in [0.29, 0.717) is 10.9 Å². The Kier molecular flexibility index (Phi) is 74.5. The minimum atomic E-state index is -4.94. The van der Waals surface area contributed by atoms with Crippen molar-refractivity contribution in [3.05, 3.63) is 0 Å². The van der Waals surface area contributed by atoms with Crippen molar-refractivity contribution < 1.29 is 23.6 Å². The molecular weight excluding hydrogens is 1220 g/mol. The molecule has 0 saturated carbocycles. The van der Waals surface area contributed by atoms with Gasteiger partial charge in [-0.2, -0.15) is 0 Å². The summed E-state index contributed by atoms with van der Waals surface area (Å²) in [5, 5.41) is 0. The Bertz CT molecular complexity index is 1210. The number of thioether (sulfide) groups is 3. The van der Waals surface area contributed by atoms with E-state index in [2.05, 4.69) is 27.7 Å². The van der Waals surface area contributed by atoms with Gasteiger partial charge in [0.25, 0.3) is 0 Å². The van der Waals surface area contributed by atoms with Crippen molar-refractivity contribution >= 4 is 72.8 Å². The summed E-state index contributed by atoms with van der Waals surface area (Å²) in [5.74, 6) is 2.09. The third kappa shape index (κ3) is 68.6. The molecule has 0 N–H and O–H groups in total. The first-order chi connectivity index (χ1) is 42.4. The Labute approximate surface area is 557 Å². The van der Waals surface area contributed by atoms with Crippen LogP contribution in [0.1, 0.15) is 426 Å². The van der Waals surface area contributed by atoms with Crippen molar-refractivity contribution in [3.63, 3.8) is 0 Å². The smallest absolute Gasteiger partial charge is 0.0654 e. The summed E-state index contributed by atoms with van der Waals surface area (Å²) >= 11 is -0.153. The Morgan fingerprint density at radius 2 is 0.349 bits per heavy atom. The first kappa shape index (κ1) is 86.3. The predicted octanol–water partition coefficient (Wildman–Crippen LogP) is 27.0. The van der Waals surface area contributed by atoms with E-state index in [-0.39, 0.29) is 17.3 Å². The van der Waals surface area contributed by atoms with E-state index in [1.54, 1.807) is 35.3 Å². The minimum absolute atomic E-state index is 0.196. The molecule has 512 valence electrons. The molecule has 0 aliphatic heterocycles. The summed E-state index contributed by atoms with van der Waals surface area (Å²) < 4.78 is 18.9. The van der Waals surface area contributed by atoms with Crippen LogP contribution < -0.4 is 0 Å². The van der Waals surface area contributed by atoms with Gasteiger partial charge in [-0.1, -0.05) is 271 Å². The number of rotatable bonds is 75. The molecule has 86 heavy (non-hydrogen) atoms. The van der Waals surface area contributed by atoms with Crippen LogP contribution in [0.4, 0.5) is 0 Å². The van der Waals surface area contributed by atoms with Gasteiger partial charge in [0.1, 0.15) is 0 Å². The molecule has 0 spiro atoms. The third-order valence-electron chi connectivity index (χ3n) is 17.7. The SMILES string of the molecule is CCCCCCCCCCCCCCCCCCCCCCSCC(=O)[O][Sn]([CH2]CCC)([O]C(=O)CSCCCCCCCCCCCCCCCCCCCCCC)[O]C(=O)CSCCCCCCCCCCCCCCCCCCCCCC. The van der Waals surface area contributed by atoms with Gasteiger partial charge in [-0.3, -0.25) is 0 Å². The molecule has 0 aliphatic rings. The van der Waals surface area contributed by atoms with Gasteiger partial charge < -0.3 is 0 Å². The van der Waals surface area contributed by atoms with Crippen LogP contribution >= 0.6 is 35.3 Å². The van der Waals surface area contributed by atoms with Crippen LogP contribution in [0.15, 0.2) is 0 Å². The number of hydrogen-bond donors (Lipinski definition) is 0. The Morgan fingerprint density at radius 3 is 0.500 bits per heavy atom. The molecule has 0 heterocycles. The van der Waals surface area contributed by atoms with Gasteiger partial charge in [-0.15, -0.1) is 0 Å². The first-order valence-electron chi connectivity index (χ1n) is 38.8. The van der Waals surface area contributed by atoms with Crippen molar-refractivity contribution in [1.29, 1.82) is 0 Å². The van der Waals surface area contributed by atoms with E-state index in [1.165, 1.54) is 366 Å². The van der Waals surface area contributed by atoms with Gasteiger partial charge in [0.2, 0.25) is 0 Å². The van der Waals surface area contributed by atoms with E-state index in [4.69, 9.17) is 9.22 Å². The molecule has 0 amide bonds. The van der Waals surface area contributed by atoms with E-state index in [1.807, 2.05) is 0 Å². The second-order valence-corrected chi connectivity index (χ2v) is 36.9. The van der Waals surface area contributed by atoms with Gasteiger partial charge in [0.05, 0.1) is 0 Å². The summed E-state index contributed by atoms with van der Waals surface area (Å²) in [6.45, 7) is 8.96. The summed E-state index contributed by atoms with van der Waals surface area (Å²) in [6, 6.07) is 0. The minimum Gasteiger partial charge on any atom is -0.0654 e. The molecule has 10 heteroatoms. The summed E-state index contributed by atoms with van der Waals surface area (Å²) in [5.41, 5.74) is 0. The maximum absolute atomic E-state index is 13.5. The molecule has 0 atom stereocenters. The van der Waals surface area contributed by atoms with E-state index in [0.717, 1.165) is 42.9 Å². The topological polar surface area (TPSA) is 78.9 Å². The molecule has 0 fully saturated rings. The van der Waals surface area contributed by atoms with E-state index in [9.17, 15) is 14.4 Å². The quantitative estimate of drug-likeness (QED) is 0.0437. The molecule has 0 aromatic rings. The van der Waals surface area contributed by atoms with Crippen LogP contribution in [-0.2, 0) is 23.6 Å². The fourth-order valence-corrected chi connectivity index (χ4v) is 22.4. The molecule has 0 saturated heterocycles. The number of carbonyl (C=O) groups is 3. The van der Waals surface area contributed by atoms with Gasteiger partial charge in [0, 0.05) is 0 Å². The molecule has 0 aromatic carbocycles. The van der Waals surface area contributed by atoms with E-state index >= 15 is 0 Å². The number of carbonyl (C=O) groups excluding carboxylic acids is 3. The molecule has 0 aliphatic carbocycles. The molecule has 0 rings (SSSR count). The first-order valence-corrected chi connectivity index (χ1v) is 47.8. The zero-order chi connectivity index (χ0) is 62.3. The van der Waals surface area contributed by atoms with Crippen molar-refractivity contribution in [2.45, 2.75) is 430 Å². The van der Waals surface area contributed by atoms with Gasteiger partial charge >= 0.3 is 290 Å². The fourth-order valence-electron chi connectivity index (χ4n) is 12.1. The van der Waals surface area contributed by atoms with Crippen molar-refractivity contribution in [1.82, 2.24) is 0 Å². The zero-order valence-corrected chi connectivity index (χ0v) is 63.8. The van der Waals surface area contributed by atoms with Crippen LogP contribution in [0.25, 0.3) is 0 Å². The number of unbranched alkanes of at least 4 members (excludes halogenated alkanes) is 58. The van der Waals surface area contributed by atoms with Crippen LogP contribution in [0.2, 0.25) is 4.44 Å². The fraction of sp³-hybridized carbons (Fsp3) is 0.961. The second kappa shape index (κ2) is 74.3. The summed E-state index contributed by atoms with van der Waals surface area (Å²) in [4.78, 5) is 40.6. The normalized spacial score (nSPS) is 11.7. The number of hydrogen-bond acceptors (Lipinski definition) is 9. The Balaban J connectivity index is 4.62. The van der Waals surface area contributed by atoms with Crippen molar-refractivity contribution in [3.8, 4) is 0 Å². The standard InChI is InChI=1S/3C24H48O2S.C4H9.Sn/c3*1-2-3-4-5-6-7-8-9-10-11-12-13-14-15-16-17-18-19-20-21-22-27-23-24(25)26;1-3-4-2;/h3*2-23H2,1H3,(H,25,26);1,3-4H2,2H3;/q;;;;+3/p-3. The van der Waals surface area contributed by atoms with Gasteiger partial charge in [-0.25, -0.2) is 0 Å². The average Bonchev–Trinajstić information content (AvgIpc) is 3.04. The average molecular weight is 1370 g/mol. The van der Waals surface area contributed by atoms with Crippen LogP contribution in [0.3, 0.4) is 0 Å². The molecule has 0 bridgehead atoms. The van der Waals surface area contributed by atoms with Gasteiger partial charge in [-0.05, 0) is 0 Å². The maximum atomic E-state index is 13.5. The molecule has 0 unspecified atom stereocenters. The Morgan fingerprint density at radius 1 is 0.209 bits per heavy atom. The van der Waals surface area contributed by atoms with Crippen molar-refractivity contribution in [2.75, 3.05) is 34.5 Å². The monoisotopic (exact) mass is 1370 g/mol.